The molecule has 3 rings (SSSR count). The Balaban J connectivity index is 2.04. The number of rotatable bonds is 4. The van der Waals surface area contributed by atoms with E-state index in [0.717, 1.165) is 11.1 Å². The summed E-state index contributed by atoms with van der Waals surface area (Å²) in [6, 6.07) is 8.89. The zero-order valence-electron chi connectivity index (χ0n) is 13.7. The molecule has 128 valence electrons. The van der Waals surface area contributed by atoms with Crippen LogP contribution in [-0.2, 0) is 18.2 Å². The van der Waals surface area contributed by atoms with E-state index in [1.54, 1.807) is 22.9 Å². The largest absolute Gasteiger partial charge is 0.465 e. The molecule has 0 aliphatic carbocycles. The number of aromatic nitrogens is 4. The molecule has 8 heteroatoms. The second-order valence-corrected chi connectivity index (χ2v) is 5.82. The van der Waals surface area contributed by atoms with Crippen molar-refractivity contribution in [3.8, 4) is 11.4 Å². The van der Waals surface area contributed by atoms with E-state index in [-0.39, 0.29) is 17.1 Å². The van der Waals surface area contributed by atoms with Crippen LogP contribution in [-0.4, -0.2) is 32.8 Å². The summed E-state index contributed by atoms with van der Waals surface area (Å²) in [6.07, 6.45) is 2.35. The molecule has 3 aromatic rings. The first-order valence-electron chi connectivity index (χ1n) is 7.47. The zero-order valence-corrected chi connectivity index (χ0v) is 14.5. The highest BCUT2D eigenvalue weighted by molar-refractivity contribution is 6.29. The number of aryl methyl sites for hydroxylation is 1. The summed E-state index contributed by atoms with van der Waals surface area (Å²) in [5.41, 5.74) is 9.08. The van der Waals surface area contributed by atoms with Gasteiger partial charge in [-0.15, -0.1) is 0 Å². The lowest BCUT2D eigenvalue weighted by Gasteiger charge is -2.08. The summed E-state index contributed by atoms with van der Waals surface area (Å²) in [4.78, 5) is 20.0. The van der Waals surface area contributed by atoms with E-state index >= 15 is 0 Å². The number of nitrogens with two attached hydrogens (primary N) is 1. The molecule has 0 aliphatic rings. The number of nitrogen functional groups attached to an aromatic ring is 1. The number of nitrogens with zero attached hydrogens (tertiary/aromatic N) is 4. The Morgan fingerprint density at radius 2 is 2.04 bits per heavy atom. The quantitative estimate of drug-likeness (QED) is 0.569. The molecule has 1 aromatic carbocycles. The van der Waals surface area contributed by atoms with Crippen molar-refractivity contribution in [2.45, 2.75) is 6.42 Å². The maximum absolute atomic E-state index is 12.0. The molecule has 0 radical (unpaired) electrons. The molecule has 0 amide bonds. The lowest BCUT2D eigenvalue weighted by atomic mass is 9.99. The predicted molar refractivity (Wildman–Crippen MR) is 94.2 cm³/mol. The second-order valence-electron chi connectivity index (χ2n) is 5.44. The van der Waals surface area contributed by atoms with Crippen molar-refractivity contribution in [1.82, 2.24) is 19.7 Å². The van der Waals surface area contributed by atoms with Gasteiger partial charge in [-0.05, 0) is 11.6 Å². The summed E-state index contributed by atoms with van der Waals surface area (Å²) in [5, 5.41) is 4.69. The third kappa shape index (κ3) is 3.61. The Morgan fingerprint density at radius 3 is 2.76 bits per heavy atom. The molecule has 2 heterocycles. The van der Waals surface area contributed by atoms with Gasteiger partial charge >= 0.3 is 5.97 Å². The average Bonchev–Trinajstić information content (AvgIpc) is 2.94. The average molecular weight is 358 g/mol. The molecule has 0 saturated heterocycles. The number of hydrogen-bond donors (Lipinski definition) is 1. The zero-order chi connectivity index (χ0) is 18.0. The summed E-state index contributed by atoms with van der Waals surface area (Å²) in [7, 11) is 3.17. The maximum Gasteiger partial charge on any atom is 0.338 e. The molecule has 2 N–H and O–H groups in total. The normalized spacial score (nSPS) is 10.7. The van der Waals surface area contributed by atoms with E-state index in [0.29, 0.717) is 23.4 Å². The van der Waals surface area contributed by atoms with Gasteiger partial charge in [-0.3, -0.25) is 4.68 Å². The smallest absolute Gasteiger partial charge is 0.338 e. The van der Waals surface area contributed by atoms with Crippen LogP contribution in [0.15, 0.2) is 36.5 Å². The lowest BCUT2D eigenvalue weighted by Crippen LogP contribution is -2.06. The van der Waals surface area contributed by atoms with E-state index in [1.807, 2.05) is 25.4 Å². The number of hydrogen-bond acceptors (Lipinski definition) is 6. The Bertz CT molecular complexity index is 918. The van der Waals surface area contributed by atoms with Crippen LogP contribution in [0.3, 0.4) is 0 Å². The molecule has 0 fully saturated rings. The molecule has 2 aromatic heterocycles. The molecule has 25 heavy (non-hydrogen) atoms. The fraction of sp³-hybridized carbons (Fsp3) is 0.176. The minimum Gasteiger partial charge on any atom is -0.465 e. The van der Waals surface area contributed by atoms with Gasteiger partial charge in [0, 0.05) is 31.3 Å². The first-order chi connectivity index (χ1) is 12.0. The van der Waals surface area contributed by atoms with Crippen LogP contribution >= 0.6 is 11.6 Å². The molecule has 7 nitrogen and oxygen atoms in total. The molecular formula is C17H16ClN5O2. The fourth-order valence-corrected chi connectivity index (χ4v) is 2.82. The van der Waals surface area contributed by atoms with Crippen molar-refractivity contribution in [3.05, 3.63) is 58.4 Å². The number of carbonyl (C=O) groups excluding carboxylic acids is 1. The van der Waals surface area contributed by atoms with Crippen molar-refractivity contribution in [2.24, 2.45) is 7.05 Å². The predicted octanol–water partition coefficient (Wildman–Crippen LogP) is 2.49. The number of carbonyl (C=O) groups is 1. The summed E-state index contributed by atoms with van der Waals surface area (Å²) >= 11 is 5.98. The second kappa shape index (κ2) is 6.90. The maximum atomic E-state index is 12.0. The third-order valence-corrected chi connectivity index (χ3v) is 3.86. The number of anilines is 1. The van der Waals surface area contributed by atoms with Crippen LogP contribution in [0.4, 0.5) is 5.95 Å². The van der Waals surface area contributed by atoms with E-state index < -0.39 is 0 Å². The molecule has 0 bridgehead atoms. The van der Waals surface area contributed by atoms with Gasteiger partial charge in [0.2, 0.25) is 5.95 Å². The van der Waals surface area contributed by atoms with E-state index in [2.05, 4.69) is 15.1 Å². The highest BCUT2D eigenvalue weighted by Crippen LogP contribution is 2.26. The standard InChI is InChI=1S/C17H16ClN5O2/c1-23-9-11(7-10-5-3-4-6-12(10)16(24)25-2)15(22-23)13-8-14(18)21-17(19)20-13/h3-6,8-9H,7H2,1-2H3,(H2,19,20,21). The van der Waals surface area contributed by atoms with E-state index in [4.69, 9.17) is 22.1 Å². The van der Waals surface area contributed by atoms with Crippen LogP contribution in [0.25, 0.3) is 11.4 Å². The van der Waals surface area contributed by atoms with Gasteiger partial charge in [0.15, 0.2) is 0 Å². The van der Waals surface area contributed by atoms with Crippen molar-refractivity contribution < 1.29 is 9.53 Å². The first-order valence-corrected chi connectivity index (χ1v) is 7.85. The molecular weight excluding hydrogens is 342 g/mol. The SMILES string of the molecule is COC(=O)c1ccccc1Cc1cn(C)nc1-c1cc(Cl)nc(N)n1. The van der Waals surface area contributed by atoms with Crippen LogP contribution in [0.2, 0.25) is 5.15 Å². The Labute approximate surface area is 149 Å². The van der Waals surface area contributed by atoms with Crippen LogP contribution < -0.4 is 5.73 Å². The Morgan fingerprint density at radius 1 is 1.28 bits per heavy atom. The van der Waals surface area contributed by atoms with Gasteiger partial charge in [-0.25, -0.2) is 14.8 Å². The molecule has 0 atom stereocenters. The Kier molecular flexibility index (Phi) is 4.67. The minimum atomic E-state index is -0.379. The van der Waals surface area contributed by atoms with Crippen molar-refractivity contribution in [2.75, 3.05) is 12.8 Å². The minimum absolute atomic E-state index is 0.0778. The monoisotopic (exact) mass is 357 g/mol. The first kappa shape index (κ1) is 16.9. The third-order valence-electron chi connectivity index (χ3n) is 3.66. The van der Waals surface area contributed by atoms with Crippen molar-refractivity contribution in [3.63, 3.8) is 0 Å². The Hall–Kier alpha value is -2.93. The van der Waals surface area contributed by atoms with Gasteiger partial charge in [0.05, 0.1) is 18.4 Å². The van der Waals surface area contributed by atoms with Crippen LogP contribution in [0.5, 0.6) is 0 Å². The molecule has 0 aliphatic heterocycles. The van der Waals surface area contributed by atoms with E-state index in [9.17, 15) is 4.79 Å². The number of esters is 1. The topological polar surface area (TPSA) is 95.9 Å². The van der Waals surface area contributed by atoms with Gasteiger partial charge in [-0.1, -0.05) is 29.8 Å². The van der Waals surface area contributed by atoms with Gasteiger partial charge in [-0.2, -0.15) is 5.10 Å². The van der Waals surface area contributed by atoms with E-state index in [1.165, 1.54) is 7.11 Å². The highest BCUT2D eigenvalue weighted by atomic mass is 35.5. The summed E-state index contributed by atoms with van der Waals surface area (Å²) < 4.78 is 6.53. The number of halogens is 1. The summed E-state index contributed by atoms with van der Waals surface area (Å²) in [6.45, 7) is 0. The van der Waals surface area contributed by atoms with Crippen molar-refractivity contribution >= 4 is 23.5 Å². The van der Waals surface area contributed by atoms with Gasteiger partial charge in [0.25, 0.3) is 0 Å². The van der Waals surface area contributed by atoms with Gasteiger partial charge < -0.3 is 10.5 Å². The highest BCUT2D eigenvalue weighted by Gasteiger charge is 2.17. The van der Waals surface area contributed by atoms with Crippen LogP contribution in [0.1, 0.15) is 21.5 Å². The molecule has 0 unspecified atom stereocenters. The van der Waals surface area contributed by atoms with Crippen LogP contribution in [0, 0.1) is 0 Å². The van der Waals surface area contributed by atoms with Crippen molar-refractivity contribution in [1.29, 1.82) is 0 Å². The lowest BCUT2D eigenvalue weighted by molar-refractivity contribution is 0.0599. The summed E-state index contributed by atoms with van der Waals surface area (Å²) in [5.74, 6) is -0.301. The molecule has 0 spiro atoms. The number of benzene rings is 1. The fourth-order valence-electron chi connectivity index (χ4n) is 2.63. The molecule has 0 saturated carbocycles. The number of ether oxygens (including phenoxy) is 1. The van der Waals surface area contributed by atoms with Gasteiger partial charge in [0.1, 0.15) is 10.8 Å². The number of methoxy groups -OCH3 is 1.